The average molecular weight is 261 g/mol. The molecule has 0 aromatic heterocycles. The van der Waals surface area contributed by atoms with Crippen molar-refractivity contribution in [3.05, 3.63) is 0 Å². The number of halogens is 1. The molecule has 0 radical (unpaired) electrons. The van der Waals surface area contributed by atoms with Gasteiger partial charge in [-0.2, -0.15) is 0 Å². The zero-order chi connectivity index (χ0) is 11.9. The zero-order valence-electron chi connectivity index (χ0n) is 8.43. The second kappa shape index (κ2) is 7.37. The summed E-state index contributed by atoms with van der Waals surface area (Å²) in [6.07, 6.45) is -0.349. The Morgan fingerprint density at radius 1 is 1.60 bits per heavy atom. The smallest absolute Gasteiger partial charge is 0.161 e. The van der Waals surface area contributed by atoms with Crippen molar-refractivity contribution in [3.8, 4) is 0 Å². The fourth-order valence-corrected chi connectivity index (χ4v) is 1.28. The van der Waals surface area contributed by atoms with Gasteiger partial charge in [0, 0.05) is 26.1 Å². The van der Waals surface area contributed by atoms with Crippen LogP contribution in [-0.2, 0) is 15.0 Å². The van der Waals surface area contributed by atoms with Crippen molar-refractivity contribution in [2.24, 2.45) is 0 Å². The minimum absolute atomic E-state index is 0.0171. The number of aliphatic hydroxyl groups is 1. The van der Waals surface area contributed by atoms with Gasteiger partial charge in [-0.1, -0.05) is 0 Å². The molecule has 0 saturated carbocycles. The molecule has 0 fully saturated rings. The Morgan fingerprint density at radius 2 is 2.20 bits per heavy atom. The quantitative estimate of drug-likeness (QED) is 0.357. The third-order valence-corrected chi connectivity index (χ3v) is 2.76. The third-order valence-electron chi connectivity index (χ3n) is 1.58. The molecule has 0 aromatic carbocycles. The number of ether oxygens (including phenoxy) is 1. The van der Waals surface area contributed by atoms with Crippen LogP contribution in [0.2, 0.25) is 0 Å². The molecule has 1 N–H and O–H groups in total. The van der Waals surface area contributed by atoms with Crippen LogP contribution in [-0.4, -0.2) is 61.2 Å². The minimum Gasteiger partial charge on any atom is -0.735 e. The maximum absolute atomic E-state index is 10.4. The van der Waals surface area contributed by atoms with Crippen LogP contribution in [0.3, 0.4) is 0 Å². The van der Waals surface area contributed by atoms with Crippen molar-refractivity contribution in [1.82, 2.24) is 4.31 Å². The number of alkyl halides is 1. The van der Waals surface area contributed by atoms with Crippen molar-refractivity contribution in [1.29, 1.82) is 0 Å². The molecule has 92 valence electrons. The topological polar surface area (TPSA) is 89.9 Å². The molecule has 15 heavy (non-hydrogen) atoms. The highest BCUT2D eigenvalue weighted by Crippen LogP contribution is 1.96. The normalized spacial score (nSPS) is 14.5. The molecule has 0 bridgehead atoms. The van der Waals surface area contributed by atoms with Gasteiger partial charge >= 0.3 is 0 Å². The van der Waals surface area contributed by atoms with E-state index in [1.165, 1.54) is 0 Å². The minimum atomic E-state index is -4.49. The maximum Gasteiger partial charge on any atom is 0.161 e. The van der Waals surface area contributed by atoms with E-state index in [4.69, 9.17) is 16.3 Å². The van der Waals surface area contributed by atoms with Crippen LogP contribution in [0.4, 0.5) is 0 Å². The first-order valence-electron chi connectivity index (χ1n) is 4.37. The van der Waals surface area contributed by atoms with Crippen molar-refractivity contribution in [3.63, 3.8) is 0 Å². The van der Waals surface area contributed by atoms with E-state index >= 15 is 0 Å². The van der Waals surface area contributed by atoms with Crippen molar-refractivity contribution in [2.75, 3.05) is 32.7 Å². The molecular formula is C7H15ClNO5S-. The van der Waals surface area contributed by atoms with E-state index in [2.05, 4.69) is 0 Å². The van der Waals surface area contributed by atoms with E-state index < -0.39 is 16.4 Å². The van der Waals surface area contributed by atoms with Gasteiger partial charge in [0.05, 0.1) is 12.7 Å². The molecule has 0 heterocycles. The Balaban J connectivity index is 3.70. The van der Waals surface area contributed by atoms with Gasteiger partial charge in [0.2, 0.25) is 0 Å². The second-order valence-corrected chi connectivity index (χ2v) is 4.87. The Morgan fingerprint density at radius 3 is 2.67 bits per heavy atom. The van der Waals surface area contributed by atoms with Crippen molar-refractivity contribution < 1.29 is 22.8 Å². The van der Waals surface area contributed by atoms with E-state index in [1.807, 2.05) is 0 Å². The predicted octanol–water partition coefficient (Wildman–Crippen LogP) is -0.615. The number of aliphatic hydroxyl groups excluding tert-OH is 1. The Labute approximate surface area is 94.7 Å². The number of hydrogen-bond donors (Lipinski definition) is 1. The van der Waals surface area contributed by atoms with Crippen molar-refractivity contribution in [2.45, 2.75) is 12.5 Å². The van der Waals surface area contributed by atoms with Gasteiger partial charge in [-0.15, -0.1) is 11.6 Å². The molecule has 0 rings (SSSR count). The van der Waals surface area contributed by atoms with Crippen LogP contribution in [0.25, 0.3) is 0 Å². The first-order valence-corrected chi connectivity index (χ1v) is 6.26. The molecule has 0 aliphatic rings. The summed E-state index contributed by atoms with van der Waals surface area (Å²) < 4.78 is 36.9. The van der Waals surface area contributed by atoms with Gasteiger partial charge in [-0.05, 0) is 6.42 Å². The predicted molar refractivity (Wildman–Crippen MR) is 54.5 cm³/mol. The summed E-state index contributed by atoms with van der Waals surface area (Å²) in [4.78, 5) is 0. The average Bonchev–Trinajstić information content (AvgIpc) is 2.11. The van der Waals surface area contributed by atoms with Crippen LogP contribution in [0.15, 0.2) is 0 Å². The summed E-state index contributed by atoms with van der Waals surface area (Å²) in [5.41, 5.74) is 0. The summed E-state index contributed by atoms with van der Waals surface area (Å²) in [7, 11) is -3.38. The largest absolute Gasteiger partial charge is 0.735 e. The van der Waals surface area contributed by atoms with Crippen LogP contribution < -0.4 is 0 Å². The molecule has 1 unspecified atom stereocenters. The Hall–Kier alpha value is 0.0800. The Bertz CT molecular complexity index is 258. The Kier molecular flexibility index (Phi) is 7.41. The number of nitrogens with zero attached hydrogens (tertiary/aromatic N) is 1. The van der Waals surface area contributed by atoms with E-state index in [-0.39, 0.29) is 13.2 Å². The standard InChI is InChI=1S/C7H16ClNO5S/c1-9(15(11,12)13)5-7(10)6-14-4-2-3-8/h7,10H,2-6H2,1H3,(H,11,12,13)/p-1. The van der Waals surface area contributed by atoms with Gasteiger partial charge in [-0.25, -0.2) is 12.7 Å². The fraction of sp³-hybridized carbons (Fsp3) is 1.00. The number of rotatable bonds is 8. The first kappa shape index (κ1) is 15.1. The van der Waals surface area contributed by atoms with Crippen LogP contribution in [0.1, 0.15) is 6.42 Å². The van der Waals surface area contributed by atoms with E-state index in [9.17, 15) is 18.1 Å². The van der Waals surface area contributed by atoms with Crippen molar-refractivity contribution >= 4 is 21.9 Å². The molecule has 0 amide bonds. The molecule has 0 spiro atoms. The van der Waals surface area contributed by atoms with E-state index in [0.717, 1.165) is 7.05 Å². The van der Waals surface area contributed by atoms with Gasteiger partial charge < -0.3 is 14.4 Å². The van der Waals surface area contributed by atoms with E-state index in [0.29, 0.717) is 23.2 Å². The lowest BCUT2D eigenvalue weighted by atomic mass is 10.4. The summed E-state index contributed by atoms with van der Waals surface area (Å²) in [6, 6.07) is 0. The summed E-state index contributed by atoms with van der Waals surface area (Å²) in [5.74, 6) is 0.463. The molecule has 6 nitrogen and oxygen atoms in total. The lowest BCUT2D eigenvalue weighted by Crippen LogP contribution is -2.36. The van der Waals surface area contributed by atoms with Gasteiger partial charge in [-0.3, -0.25) is 0 Å². The first-order chi connectivity index (χ1) is 6.88. The van der Waals surface area contributed by atoms with Gasteiger partial charge in [0.25, 0.3) is 0 Å². The number of hydrogen-bond acceptors (Lipinski definition) is 5. The summed E-state index contributed by atoms with van der Waals surface area (Å²) in [6.45, 7) is 0.109. The molecule has 0 aromatic rings. The van der Waals surface area contributed by atoms with Crippen LogP contribution in [0, 0.1) is 0 Å². The third kappa shape index (κ3) is 7.95. The highest BCUT2D eigenvalue weighted by molar-refractivity contribution is 7.83. The second-order valence-electron chi connectivity index (χ2n) is 3.01. The molecule has 1 atom stereocenters. The zero-order valence-corrected chi connectivity index (χ0v) is 10.00. The maximum atomic E-state index is 10.4. The lowest BCUT2D eigenvalue weighted by molar-refractivity contribution is 0.0295. The molecule has 8 heteroatoms. The monoisotopic (exact) mass is 260 g/mol. The van der Waals surface area contributed by atoms with Crippen LogP contribution in [0.5, 0.6) is 0 Å². The molecular weight excluding hydrogens is 246 g/mol. The fourth-order valence-electron chi connectivity index (χ4n) is 0.817. The molecule has 0 saturated heterocycles. The SMILES string of the molecule is CN(CC(O)COCCCCl)S(=O)(=O)[O-]. The van der Waals surface area contributed by atoms with Gasteiger partial charge in [0.15, 0.2) is 10.3 Å². The molecule has 0 aliphatic heterocycles. The van der Waals surface area contributed by atoms with Gasteiger partial charge in [0.1, 0.15) is 0 Å². The summed E-state index contributed by atoms with van der Waals surface area (Å²) >= 11 is 5.39. The summed E-state index contributed by atoms with van der Waals surface area (Å²) in [5, 5.41) is 9.28. The number of likely N-dealkylation sites (N-methyl/N-ethyl adjacent to an activating group) is 1. The van der Waals surface area contributed by atoms with E-state index in [1.54, 1.807) is 0 Å². The van der Waals surface area contributed by atoms with Crippen LogP contribution >= 0.6 is 11.6 Å². The lowest BCUT2D eigenvalue weighted by Gasteiger charge is -2.22. The molecule has 0 aliphatic carbocycles. The highest BCUT2D eigenvalue weighted by Gasteiger charge is 2.12. The highest BCUT2D eigenvalue weighted by atomic mass is 35.5.